The summed E-state index contributed by atoms with van der Waals surface area (Å²) in [6, 6.07) is 5.49. The lowest BCUT2D eigenvalue weighted by molar-refractivity contribution is -0.129. The SMILES string of the molecule is COc1cc(OC)c2c(c1Cl)O[C@@]1(C(=O)C=C(NCC(O)c3ccc(O)c(O)c3)C[C@H]1C)C2=O. The average molecular weight is 490 g/mol. The van der Waals surface area contributed by atoms with Crippen molar-refractivity contribution in [3.05, 3.63) is 52.2 Å². The normalized spacial score (nSPS) is 22.1. The second-order valence-corrected chi connectivity index (χ2v) is 8.63. The van der Waals surface area contributed by atoms with Crippen LogP contribution < -0.4 is 19.5 Å². The lowest BCUT2D eigenvalue weighted by atomic mass is 9.74. The van der Waals surface area contributed by atoms with Gasteiger partial charge in [-0.1, -0.05) is 24.6 Å². The van der Waals surface area contributed by atoms with E-state index in [9.17, 15) is 24.9 Å². The number of hydrogen-bond donors (Lipinski definition) is 4. The molecular formula is C24H24ClNO8. The molecule has 0 amide bonds. The zero-order valence-corrected chi connectivity index (χ0v) is 19.5. The molecule has 1 unspecified atom stereocenters. The number of carbonyl (C=O) groups excluding carboxylic acids is 2. The third kappa shape index (κ3) is 3.61. The summed E-state index contributed by atoms with van der Waals surface area (Å²) in [5, 5.41) is 32.6. The number of fused-ring (bicyclic) bond motifs is 1. The van der Waals surface area contributed by atoms with Gasteiger partial charge in [0.1, 0.15) is 22.1 Å². The highest BCUT2D eigenvalue weighted by Crippen LogP contribution is 2.52. The number of aliphatic hydroxyl groups is 1. The largest absolute Gasteiger partial charge is 0.504 e. The molecule has 0 saturated carbocycles. The van der Waals surface area contributed by atoms with E-state index in [0.717, 1.165) is 0 Å². The summed E-state index contributed by atoms with van der Waals surface area (Å²) >= 11 is 6.38. The monoisotopic (exact) mass is 489 g/mol. The highest BCUT2D eigenvalue weighted by molar-refractivity contribution is 6.36. The van der Waals surface area contributed by atoms with Crippen LogP contribution in [0.4, 0.5) is 0 Å². The molecule has 2 aromatic carbocycles. The zero-order chi connectivity index (χ0) is 24.8. The van der Waals surface area contributed by atoms with Gasteiger partial charge in [-0.3, -0.25) is 9.59 Å². The van der Waals surface area contributed by atoms with Crippen LogP contribution in [0.2, 0.25) is 5.02 Å². The Morgan fingerprint density at radius 1 is 1.18 bits per heavy atom. The smallest absolute Gasteiger partial charge is 0.236 e. The van der Waals surface area contributed by atoms with E-state index in [1.165, 1.54) is 44.6 Å². The summed E-state index contributed by atoms with van der Waals surface area (Å²) in [7, 11) is 2.82. The number of aliphatic hydroxyl groups excluding tert-OH is 1. The first-order valence-corrected chi connectivity index (χ1v) is 10.9. The lowest BCUT2D eigenvalue weighted by Gasteiger charge is -2.35. The number of rotatable bonds is 6. The maximum absolute atomic E-state index is 13.5. The number of halogens is 1. The van der Waals surface area contributed by atoms with Crippen LogP contribution in [0, 0.1) is 5.92 Å². The van der Waals surface area contributed by atoms with E-state index in [1.807, 2.05) is 0 Å². The van der Waals surface area contributed by atoms with E-state index in [-0.39, 0.29) is 52.3 Å². The third-order valence-electron chi connectivity index (χ3n) is 6.22. The van der Waals surface area contributed by atoms with Crippen molar-refractivity contribution in [1.82, 2.24) is 5.32 Å². The first kappa shape index (κ1) is 23.7. The number of methoxy groups -OCH3 is 2. The predicted molar refractivity (Wildman–Crippen MR) is 122 cm³/mol. The Morgan fingerprint density at radius 2 is 1.88 bits per heavy atom. The van der Waals surface area contributed by atoms with E-state index in [4.69, 9.17) is 25.8 Å². The summed E-state index contributed by atoms with van der Waals surface area (Å²) < 4.78 is 16.6. The van der Waals surface area contributed by atoms with Crippen LogP contribution >= 0.6 is 11.6 Å². The molecule has 2 aromatic rings. The molecule has 0 aromatic heterocycles. The lowest BCUT2D eigenvalue weighted by Crippen LogP contribution is -2.55. The molecule has 34 heavy (non-hydrogen) atoms. The molecule has 3 atom stereocenters. The highest BCUT2D eigenvalue weighted by Gasteiger charge is 2.60. The molecule has 9 nitrogen and oxygen atoms in total. The number of allylic oxidation sites excluding steroid dienone is 1. The number of ether oxygens (including phenoxy) is 3. The molecule has 1 aliphatic carbocycles. The number of carbonyl (C=O) groups is 2. The third-order valence-corrected chi connectivity index (χ3v) is 6.57. The summed E-state index contributed by atoms with van der Waals surface area (Å²) in [6.07, 6.45) is 0.566. The van der Waals surface area contributed by atoms with Crippen molar-refractivity contribution < 1.29 is 39.1 Å². The van der Waals surface area contributed by atoms with Gasteiger partial charge in [-0.05, 0) is 24.1 Å². The van der Waals surface area contributed by atoms with Crippen LogP contribution in [0.15, 0.2) is 36.0 Å². The summed E-state index contributed by atoms with van der Waals surface area (Å²) in [4.78, 5) is 26.8. The fourth-order valence-corrected chi connectivity index (χ4v) is 4.61. The zero-order valence-electron chi connectivity index (χ0n) is 18.7. The molecule has 1 heterocycles. The molecule has 0 radical (unpaired) electrons. The molecule has 10 heteroatoms. The van der Waals surface area contributed by atoms with Gasteiger partial charge in [0.05, 0.1) is 20.3 Å². The number of benzene rings is 2. The Hall–Kier alpha value is -3.43. The van der Waals surface area contributed by atoms with Crippen LogP contribution in [0.3, 0.4) is 0 Å². The molecule has 180 valence electrons. The van der Waals surface area contributed by atoms with Gasteiger partial charge in [0, 0.05) is 30.3 Å². The van der Waals surface area contributed by atoms with Crippen LogP contribution in [0.25, 0.3) is 0 Å². The number of hydrogen-bond acceptors (Lipinski definition) is 9. The summed E-state index contributed by atoms with van der Waals surface area (Å²) in [5.41, 5.74) is -0.775. The van der Waals surface area contributed by atoms with Crippen molar-refractivity contribution in [2.24, 2.45) is 5.92 Å². The minimum atomic E-state index is -1.78. The molecule has 4 N–H and O–H groups in total. The summed E-state index contributed by atoms with van der Waals surface area (Å²) in [6.45, 7) is 1.76. The number of phenols is 2. The number of ketones is 2. The molecule has 0 bridgehead atoms. The molecule has 4 rings (SSSR count). The maximum Gasteiger partial charge on any atom is 0.236 e. The van der Waals surface area contributed by atoms with E-state index < -0.39 is 29.2 Å². The minimum absolute atomic E-state index is 0.0366. The number of aromatic hydroxyl groups is 2. The number of nitrogens with one attached hydrogen (secondary N) is 1. The summed E-state index contributed by atoms with van der Waals surface area (Å²) in [5.74, 6) is -1.78. The molecule has 1 aliphatic heterocycles. The van der Waals surface area contributed by atoms with Crippen LogP contribution in [-0.4, -0.2) is 53.3 Å². The maximum atomic E-state index is 13.5. The highest BCUT2D eigenvalue weighted by atomic mass is 35.5. The first-order chi connectivity index (χ1) is 16.1. The second-order valence-electron chi connectivity index (χ2n) is 8.25. The quantitative estimate of drug-likeness (QED) is 0.357. The minimum Gasteiger partial charge on any atom is -0.504 e. The second kappa shape index (κ2) is 8.73. The van der Waals surface area contributed by atoms with Crippen LogP contribution in [0.5, 0.6) is 28.7 Å². The van der Waals surface area contributed by atoms with Crippen molar-refractivity contribution in [3.63, 3.8) is 0 Å². The topological polar surface area (TPSA) is 135 Å². The predicted octanol–water partition coefficient (Wildman–Crippen LogP) is 2.90. The Bertz CT molecular complexity index is 1210. The van der Waals surface area contributed by atoms with Gasteiger partial charge in [0.25, 0.3) is 0 Å². The van der Waals surface area contributed by atoms with Gasteiger partial charge in [0.15, 0.2) is 17.2 Å². The van der Waals surface area contributed by atoms with Gasteiger partial charge in [0.2, 0.25) is 17.2 Å². The Labute approximate surface area is 200 Å². The Morgan fingerprint density at radius 3 is 2.50 bits per heavy atom. The number of Topliss-reactive ketones (excluding diaryl/α,β-unsaturated/α-hetero) is 1. The van der Waals surface area contributed by atoms with E-state index in [1.54, 1.807) is 6.92 Å². The first-order valence-electron chi connectivity index (χ1n) is 10.5. The van der Waals surface area contributed by atoms with E-state index in [2.05, 4.69) is 5.32 Å². The fourth-order valence-electron chi connectivity index (χ4n) is 4.35. The van der Waals surface area contributed by atoms with Gasteiger partial charge in [-0.15, -0.1) is 0 Å². The van der Waals surface area contributed by atoms with Crippen molar-refractivity contribution >= 4 is 23.2 Å². The van der Waals surface area contributed by atoms with Crippen molar-refractivity contribution in [1.29, 1.82) is 0 Å². The average Bonchev–Trinajstić information content (AvgIpc) is 3.13. The van der Waals surface area contributed by atoms with Crippen LogP contribution in [-0.2, 0) is 4.79 Å². The van der Waals surface area contributed by atoms with Gasteiger partial charge >= 0.3 is 0 Å². The van der Waals surface area contributed by atoms with Crippen molar-refractivity contribution in [3.8, 4) is 28.7 Å². The molecular weight excluding hydrogens is 466 g/mol. The standard InChI is InChI=1S/C24H24ClNO8/c1-11-6-13(26-10-16(29)12-4-5-14(27)15(28)7-12)8-19(30)24(11)23(31)20-17(32-2)9-18(33-3)21(25)22(20)34-24/h4-5,7-9,11,16,26-29H,6,10H2,1-3H3/t11-,16?,24+/m1/s1. The van der Waals surface area contributed by atoms with E-state index in [0.29, 0.717) is 11.3 Å². The molecule has 0 fully saturated rings. The van der Waals surface area contributed by atoms with Gasteiger partial charge in [-0.25, -0.2) is 0 Å². The fraction of sp³-hybridized carbons (Fsp3) is 0.333. The van der Waals surface area contributed by atoms with Gasteiger partial charge < -0.3 is 34.8 Å². The Kier molecular flexibility index (Phi) is 6.09. The van der Waals surface area contributed by atoms with Crippen LogP contribution in [0.1, 0.15) is 35.4 Å². The van der Waals surface area contributed by atoms with Crippen molar-refractivity contribution in [2.75, 3.05) is 20.8 Å². The Balaban J connectivity index is 1.58. The molecule has 2 aliphatic rings. The molecule has 0 saturated heterocycles. The molecule has 1 spiro atoms. The van der Waals surface area contributed by atoms with Crippen molar-refractivity contribution in [2.45, 2.75) is 25.0 Å². The van der Waals surface area contributed by atoms with E-state index >= 15 is 0 Å². The van der Waals surface area contributed by atoms with Gasteiger partial charge in [-0.2, -0.15) is 0 Å². The number of phenolic OH excluding ortho intramolecular Hbond substituents is 2.